The quantitative estimate of drug-likeness (QED) is 0.603. The van der Waals surface area contributed by atoms with Crippen LogP contribution in [0.15, 0.2) is 0 Å². The third-order valence-corrected chi connectivity index (χ3v) is 4.12. The number of nitrogens with zero attached hydrogens (tertiary/aromatic N) is 1. The highest BCUT2D eigenvalue weighted by Gasteiger charge is 2.42. The van der Waals surface area contributed by atoms with Crippen LogP contribution in [0.2, 0.25) is 0 Å². The second kappa shape index (κ2) is 3.27. The van der Waals surface area contributed by atoms with Crippen molar-refractivity contribution in [3.63, 3.8) is 0 Å². The summed E-state index contributed by atoms with van der Waals surface area (Å²) in [7, 11) is 2.29. The lowest BCUT2D eigenvalue weighted by Crippen LogP contribution is -2.59. The molecule has 78 valence electrons. The van der Waals surface area contributed by atoms with Crippen LogP contribution in [-0.4, -0.2) is 23.0 Å². The van der Waals surface area contributed by atoms with E-state index in [4.69, 9.17) is 0 Å². The number of likely N-dealkylation sites (tertiary alicyclic amines) is 1. The first-order valence-corrected chi connectivity index (χ1v) is 5.56. The van der Waals surface area contributed by atoms with E-state index in [2.05, 4.69) is 46.6 Å². The maximum Gasteiger partial charge on any atom is 0.0183 e. The van der Waals surface area contributed by atoms with Crippen molar-refractivity contribution in [2.24, 2.45) is 5.92 Å². The van der Waals surface area contributed by atoms with E-state index in [1.807, 2.05) is 0 Å². The molecule has 13 heavy (non-hydrogen) atoms. The van der Waals surface area contributed by atoms with Crippen molar-refractivity contribution in [3.05, 3.63) is 0 Å². The molecule has 0 saturated carbocycles. The molecule has 2 unspecified atom stereocenters. The molecule has 0 aromatic rings. The fourth-order valence-electron chi connectivity index (χ4n) is 3.06. The van der Waals surface area contributed by atoms with Crippen LogP contribution in [0.25, 0.3) is 0 Å². The highest BCUT2D eigenvalue weighted by molar-refractivity contribution is 4.98. The van der Waals surface area contributed by atoms with E-state index in [0.29, 0.717) is 11.1 Å². The Labute approximate surface area is 83.5 Å². The van der Waals surface area contributed by atoms with Crippen molar-refractivity contribution in [1.29, 1.82) is 0 Å². The first-order chi connectivity index (χ1) is 5.82. The van der Waals surface area contributed by atoms with Crippen molar-refractivity contribution in [1.82, 2.24) is 4.90 Å². The Morgan fingerprint density at radius 2 is 1.77 bits per heavy atom. The maximum absolute atomic E-state index is 2.58. The van der Waals surface area contributed by atoms with Gasteiger partial charge in [-0.1, -0.05) is 13.8 Å². The summed E-state index contributed by atoms with van der Waals surface area (Å²) < 4.78 is 0. The zero-order chi connectivity index (χ0) is 10.3. The Balaban J connectivity index is 2.88. The van der Waals surface area contributed by atoms with Crippen LogP contribution < -0.4 is 0 Å². The minimum atomic E-state index is 0.377. The van der Waals surface area contributed by atoms with E-state index in [1.165, 1.54) is 19.3 Å². The van der Waals surface area contributed by atoms with Gasteiger partial charge in [-0.25, -0.2) is 0 Å². The Morgan fingerprint density at radius 3 is 2.23 bits per heavy atom. The van der Waals surface area contributed by atoms with Gasteiger partial charge in [0.1, 0.15) is 0 Å². The van der Waals surface area contributed by atoms with Crippen LogP contribution in [0.5, 0.6) is 0 Å². The standard InChI is InChI=1S/C12H25N/c1-7-12(5)9-10(2)8-11(3,4)13(12)6/h10H,7-9H2,1-6H3. The van der Waals surface area contributed by atoms with Crippen molar-refractivity contribution in [2.75, 3.05) is 7.05 Å². The van der Waals surface area contributed by atoms with Gasteiger partial charge >= 0.3 is 0 Å². The summed E-state index contributed by atoms with van der Waals surface area (Å²) in [6, 6.07) is 0. The van der Waals surface area contributed by atoms with E-state index in [0.717, 1.165) is 5.92 Å². The molecule has 1 saturated heterocycles. The van der Waals surface area contributed by atoms with Crippen molar-refractivity contribution in [2.45, 2.75) is 65.0 Å². The van der Waals surface area contributed by atoms with E-state index >= 15 is 0 Å². The summed E-state index contributed by atoms with van der Waals surface area (Å²) in [5.74, 6) is 0.871. The predicted octanol–water partition coefficient (Wildman–Crippen LogP) is 3.30. The summed E-state index contributed by atoms with van der Waals surface area (Å²) in [5.41, 5.74) is 0.795. The molecule has 2 atom stereocenters. The van der Waals surface area contributed by atoms with E-state index in [9.17, 15) is 0 Å². The molecule has 0 spiro atoms. The number of piperidine rings is 1. The van der Waals surface area contributed by atoms with Crippen LogP contribution in [-0.2, 0) is 0 Å². The molecule has 0 N–H and O–H groups in total. The monoisotopic (exact) mass is 183 g/mol. The number of rotatable bonds is 1. The lowest BCUT2D eigenvalue weighted by atomic mass is 9.73. The van der Waals surface area contributed by atoms with Gasteiger partial charge in [-0.15, -0.1) is 0 Å². The molecule has 1 rings (SSSR count). The molecule has 0 aromatic carbocycles. The highest BCUT2D eigenvalue weighted by Crippen LogP contribution is 2.41. The third-order valence-electron chi connectivity index (χ3n) is 4.12. The molecular weight excluding hydrogens is 158 g/mol. The lowest BCUT2D eigenvalue weighted by molar-refractivity contribution is -0.0382. The SMILES string of the molecule is CCC1(C)CC(C)CC(C)(C)N1C. The average Bonchev–Trinajstić information content (AvgIpc) is 1.99. The van der Waals surface area contributed by atoms with Gasteiger partial charge in [0.15, 0.2) is 0 Å². The second-order valence-corrected chi connectivity index (χ2v) is 5.74. The maximum atomic E-state index is 2.58. The van der Waals surface area contributed by atoms with Gasteiger partial charge in [-0.2, -0.15) is 0 Å². The molecule has 0 bridgehead atoms. The molecule has 0 radical (unpaired) electrons. The third kappa shape index (κ3) is 1.90. The van der Waals surface area contributed by atoms with Crippen LogP contribution in [0.4, 0.5) is 0 Å². The van der Waals surface area contributed by atoms with Gasteiger partial charge < -0.3 is 0 Å². The van der Waals surface area contributed by atoms with Gasteiger partial charge in [0.2, 0.25) is 0 Å². The summed E-state index contributed by atoms with van der Waals surface area (Å²) in [5, 5.41) is 0. The van der Waals surface area contributed by atoms with Gasteiger partial charge in [-0.05, 0) is 53.0 Å². The zero-order valence-corrected chi connectivity index (χ0v) is 10.1. The van der Waals surface area contributed by atoms with Crippen LogP contribution >= 0.6 is 0 Å². The van der Waals surface area contributed by atoms with Gasteiger partial charge in [-0.3, -0.25) is 4.90 Å². The van der Waals surface area contributed by atoms with E-state index in [1.54, 1.807) is 0 Å². The predicted molar refractivity (Wildman–Crippen MR) is 58.9 cm³/mol. The van der Waals surface area contributed by atoms with Crippen molar-refractivity contribution in [3.8, 4) is 0 Å². The molecule has 1 aliphatic rings. The van der Waals surface area contributed by atoms with Gasteiger partial charge in [0.25, 0.3) is 0 Å². The van der Waals surface area contributed by atoms with E-state index in [-0.39, 0.29) is 0 Å². The topological polar surface area (TPSA) is 3.24 Å². The Bertz CT molecular complexity index is 186. The van der Waals surface area contributed by atoms with Crippen molar-refractivity contribution < 1.29 is 0 Å². The van der Waals surface area contributed by atoms with Crippen LogP contribution in [0, 0.1) is 5.92 Å². The summed E-state index contributed by atoms with van der Waals surface area (Å²) >= 11 is 0. The Morgan fingerprint density at radius 1 is 1.23 bits per heavy atom. The largest absolute Gasteiger partial charge is 0.296 e. The summed E-state index contributed by atoms with van der Waals surface area (Å²) in [4.78, 5) is 2.58. The minimum Gasteiger partial charge on any atom is -0.296 e. The second-order valence-electron chi connectivity index (χ2n) is 5.74. The molecule has 1 nitrogen and oxygen atoms in total. The fourth-order valence-corrected chi connectivity index (χ4v) is 3.06. The van der Waals surface area contributed by atoms with Crippen LogP contribution in [0.3, 0.4) is 0 Å². The lowest BCUT2D eigenvalue weighted by Gasteiger charge is -2.54. The number of hydrogen-bond donors (Lipinski definition) is 0. The fraction of sp³-hybridized carbons (Fsp3) is 1.00. The Kier molecular flexibility index (Phi) is 2.78. The van der Waals surface area contributed by atoms with Gasteiger partial charge in [0.05, 0.1) is 0 Å². The number of hydrogen-bond acceptors (Lipinski definition) is 1. The smallest absolute Gasteiger partial charge is 0.0183 e. The molecular formula is C12H25N. The minimum absolute atomic E-state index is 0.377. The first-order valence-electron chi connectivity index (χ1n) is 5.56. The van der Waals surface area contributed by atoms with Crippen molar-refractivity contribution >= 4 is 0 Å². The first kappa shape index (κ1) is 11.0. The molecule has 1 heteroatoms. The molecule has 0 aliphatic carbocycles. The summed E-state index contributed by atoms with van der Waals surface area (Å²) in [6.07, 6.45) is 3.94. The molecule has 0 amide bonds. The van der Waals surface area contributed by atoms with Crippen LogP contribution in [0.1, 0.15) is 53.9 Å². The Hall–Kier alpha value is -0.0400. The molecule has 1 fully saturated rings. The summed E-state index contributed by atoms with van der Waals surface area (Å²) in [6.45, 7) is 11.9. The molecule has 1 heterocycles. The highest BCUT2D eigenvalue weighted by atomic mass is 15.2. The molecule has 0 aromatic heterocycles. The average molecular weight is 183 g/mol. The van der Waals surface area contributed by atoms with E-state index < -0.39 is 0 Å². The zero-order valence-electron chi connectivity index (χ0n) is 10.1. The normalized spacial score (nSPS) is 40.6. The molecule has 1 aliphatic heterocycles. The van der Waals surface area contributed by atoms with Gasteiger partial charge in [0, 0.05) is 11.1 Å².